The van der Waals surface area contributed by atoms with Crippen molar-refractivity contribution in [2.75, 3.05) is 26.2 Å². The SMILES string of the molecule is CC(C)(C)C(=O)N1CCN(Cc2cnn(-c3ccccc3)c2)CC1. The Balaban J connectivity index is 1.56. The number of para-hydroxylation sites is 1. The van der Waals surface area contributed by atoms with Crippen LogP contribution >= 0.6 is 0 Å². The van der Waals surface area contributed by atoms with Gasteiger partial charge in [-0.3, -0.25) is 9.69 Å². The van der Waals surface area contributed by atoms with Gasteiger partial charge in [-0.25, -0.2) is 4.68 Å². The summed E-state index contributed by atoms with van der Waals surface area (Å²) in [4.78, 5) is 16.7. The van der Waals surface area contributed by atoms with Gasteiger partial charge in [-0.15, -0.1) is 0 Å². The van der Waals surface area contributed by atoms with E-state index in [4.69, 9.17) is 0 Å². The van der Waals surface area contributed by atoms with Gasteiger partial charge in [0.2, 0.25) is 5.91 Å². The highest BCUT2D eigenvalue weighted by Gasteiger charge is 2.29. The number of carbonyl (C=O) groups is 1. The minimum atomic E-state index is -0.293. The van der Waals surface area contributed by atoms with Gasteiger partial charge in [0.1, 0.15) is 0 Å². The van der Waals surface area contributed by atoms with Crippen molar-refractivity contribution in [1.29, 1.82) is 0 Å². The molecule has 0 radical (unpaired) electrons. The van der Waals surface area contributed by atoms with Gasteiger partial charge in [-0.2, -0.15) is 5.10 Å². The van der Waals surface area contributed by atoms with Crippen molar-refractivity contribution in [3.05, 3.63) is 48.3 Å². The van der Waals surface area contributed by atoms with Crippen molar-refractivity contribution in [2.24, 2.45) is 5.41 Å². The summed E-state index contributed by atoms with van der Waals surface area (Å²) in [5, 5.41) is 4.45. The molecule has 1 fully saturated rings. The molecule has 0 unspecified atom stereocenters. The predicted molar refractivity (Wildman–Crippen MR) is 94.9 cm³/mol. The number of benzene rings is 1. The highest BCUT2D eigenvalue weighted by Crippen LogP contribution is 2.19. The van der Waals surface area contributed by atoms with E-state index < -0.39 is 0 Å². The molecular weight excluding hydrogens is 300 g/mol. The van der Waals surface area contributed by atoms with Crippen molar-refractivity contribution < 1.29 is 4.79 Å². The van der Waals surface area contributed by atoms with Crippen LogP contribution in [0.1, 0.15) is 26.3 Å². The Morgan fingerprint density at radius 3 is 2.38 bits per heavy atom. The van der Waals surface area contributed by atoms with Crippen LogP contribution < -0.4 is 0 Å². The highest BCUT2D eigenvalue weighted by atomic mass is 16.2. The van der Waals surface area contributed by atoms with Crippen LogP contribution in [0.5, 0.6) is 0 Å². The molecular formula is C19H26N4O. The zero-order valence-electron chi connectivity index (χ0n) is 14.8. The summed E-state index contributed by atoms with van der Waals surface area (Å²) in [5.74, 6) is 0.249. The zero-order chi connectivity index (χ0) is 17.2. The first-order valence-corrected chi connectivity index (χ1v) is 8.54. The summed E-state index contributed by atoms with van der Waals surface area (Å²) in [6.07, 6.45) is 4.02. The second kappa shape index (κ2) is 6.77. The third-order valence-corrected chi connectivity index (χ3v) is 4.36. The molecule has 128 valence electrons. The Morgan fingerprint density at radius 1 is 1.08 bits per heavy atom. The van der Waals surface area contributed by atoms with Crippen LogP contribution in [0, 0.1) is 5.41 Å². The molecule has 1 aliphatic heterocycles. The molecule has 0 N–H and O–H groups in total. The number of carbonyl (C=O) groups excluding carboxylic acids is 1. The maximum atomic E-state index is 12.3. The summed E-state index contributed by atoms with van der Waals surface area (Å²) >= 11 is 0. The quantitative estimate of drug-likeness (QED) is 0.870. The topological polar surface area (TPSA) is 41.4 Å². The van der Waals surface area contributed by atoms with Crippen LogP contribution in [0.15, 0.2) is 42.7 Å². The third kappa shape index (κ3) is 3.85. The van der Waals surface area contributed by atoms with Crippen LogP contribution in [0.2, 0.25) is 0 Å². The van der Waals surface area contributed by atoms with Crippen LogP contribution in [-0.2, 0) is 11.3 Å². The van der Waals surface area contributed by atoms with Crippen molar-refractivity contribution in [1.82, 2.24) is 19.6 Å². The van der Waals surface area contributed by atoms with Crippen LogP contribution in [0.4, 0.5) is 0 Å². The summed E-state index contributed by atoms with van der Waals surface area (Å²) in [6.45, 7) is 10.3. The second-order valence-electron chi connectivity index (χ2n) is 7.45. The van der Waals surface area contributed by atoms with Gasteiger partial charge in [0.25, 0.3) is 0 Å². The molecule has 0 bridgehead atoms. The molecule has 1 aliphatic rings. The fourth-order valence-corrected chi connectivity index (χ4v) is 3.01. The Kier molecular flexibility index (Phi) is 4.71. The molecule has 24 heavy (non-hydrogen) atoms. The Bertz CT molecular complexity index is 679. The van der Waals surface area contributed by atoms with E-state index >= 15 is 0 Å². The molecule has 2 heterocycles. The summed E-state index contributed by atoms with van der Waals surface area (Å²) in [6, 6.07) is 10.1. The van der Waals surface area contributed by atoms with Gasteiger partial charge >= 0.3 is 0 Å². The molecule has 1 aromatic carbocycles. The molecule has 0 spiro atoms. The Labute approximate surface area is 143 Å². The van der Waals surface area contributed by atoms with E-state index in [1.165, 1.54) is 5.56 Å². The lowest BCUT2D eigenvalue weighted by molar-refractivity contribution is -0.141. The summed E-state index contributed by atoms with van der Waals surface area (Å²) < 4.78 is 1.91. The maximum absolute atomic E-state index is 12.3. The van der Waals surface area contributed by atoms with E-state index in [1.807, 2.05) is 66.9 Å². The van der Waals surface area contributed by atoms with E-state index in [1.54, 1.807) is 0 Å². The summed E-state index contributed by atoms with van der Waals surface area (Å²) in [7, 11) is 0. The average Bonchev–Trinajstić information content (AvgIpc) is 3.03. The number of nitrogens with zero attached hydrogens (tertiary/aromatic N) is 4. The molecule has 1 saturated heterocycles. The van der Waals surface area contributed by atoms with Crippen LogP contribution in [-0.4, -0.2) is 51.7 Å². The zero-order valence-corrected chi connectivity index (χ0v) is 14.8. The van der Waals surface area contributed by atoms with Crippen molar-refractivity contribution in [3.8, 4) is 5.69 Å². The van der Waals surface area contributed by atoms with Crippen molar-refractivity contribution >= 4 is 5.91 Å². The van der Waals surface area contributed by atoms with Gasteiger partial charge in [-0.05, 0) is 12.1 Å². The summed E-state index contributed by atoms with van der Waals surface area (Å²) in [5.41, 5.74) is 1.98. The van der Waals surface area contributed by atoms with Gasteiger partial charge in [0, 0.05) is 49.9 Å². The second-order valence-corrected chi connectivity index (χ2v) is 7.45. The maximum Gasteiger partial charge on any atom is 0.228 e. The van der Waals surface area contributed by atoms with E-state index in [-0.39, 0.29) is 11.3 Å². The first-order valence-electron chi connectivity index (χ1n) is 8.54. The average molecular weight is 326 g/mol. The number of hydrogen-bond acceptors (Lipinski definition) is 3. The lowest BCUT2D eigenvalue weighted by atomic mass is 9.94. The largest absolute Gasteiger partial charge is 0.340 e. The van der Waals surface area contributed by atoms with Gasteiger partial charge in [0.15, 0.2) is 0 Å². The molecule has 0 aliphatic carbocycles. The molecule has 1 amide bonds. The normalized spacial score (nSPS) is 16.4. The van der Waals surface area contributed by atoms with Crippen molar-refractivity contribution in [2.45, 2.75) is 27.3 Å². The standard InChI is InChI=1S/C19H26N4O/c1-19(2,3)18(24)22-11-9-21(10-12-22)14-16-13-20-23(15-16)17-7-5-4-6-8-17/h4-8,13,15H,9-12,14H2,1-3H3. The van der Waals surface area contributed by atoms with Gasteiger partial charge in [0.05, 0.1) is 11.9 Å². The fraction of sp³-hybridized carbons (Fsp3) is 0.474. The number of aromatic nitrogens is 2. The van der Waals surface area contributed by atoms with E-state index in [9.17, 15) is 4.79 Å². The van der Waals surface area contributed by atoms with Crippen molar-refractivity contribution in [3.63, 3.8) is 0 Å². The van der Waals surface area contributed by atoms with Gasteiger partial charge < -0.3 is 4.90 Å². The smallest absolute Gasteiger partial charge is 0.228 e. The van der Waals surface area contributed by atoms with Crippen LogP contribution in [0.3, 0.4) is 0 Å². The van der Waals surface area contributed by atoms with E-state index in [0.717, 1.165) is 38.4 Å². The number of hydrogen-bond donors (Lipinski definition) is 0. The number of piperazine rings is 1. The van der Waals surface area contributed by atoms with E-state index in [2.05, 4.69) is 16.2 Å². The third-order valence-electron chi connectivity index (χ3n) is 4.36. The lowest BCUT2D eigenvalue weighted by Gasteiger charge is -2.37. The van der Waals surface area contributed by atoms with E-state index in [0.29, 0.717) is 0 Å². The minimum Gasteiger partial charge on any atom is -0.340 e. The number of amides is 1. The lowest BCUT2D eigenvalue weighted by Crippen LogP contribution is -2.51. The molecule has 0 atom stereocenters. The predicted octanol–water partition coefficient (Wildman–Crippen LogP) is 2.56. The van der Waals surface area contributed by atoms with Crippen LogP contribution in [0.25, 0.3) is 5.69 Å². The molecule has 5 heteroatoms. The molecule has 3 rings (SSSR count). The molecule has 0 saturated carbocycles. The first-order chi connectivity index (χ1) is 11.4. The fourth-order valence-electron chi connectivity index (χ4n) is 3.01. The number of rotatable bonds is 3. The Hall–Kier alpha value is -2.14. The monoisotopic (exact) mass is 326 g/mol. The van der Waals surface area contributed by atoms with Gasteiger partial charge in [-0.1, -0.05) is 39.0 Å². The Morgan fingerprint density at radius 2 is 1.75 bits per heavy atom. The molecule has 5 nitrogen and oxygen atoms in total. The minimum absolute atomic E-state index is 0.249. The molecule has 2 aromatic rings. The highest BCUT2D eigenvalue weighted by molar-refractivity contribution is 5.81. The first kappa shape index (κ1) is 16.7. The molecule has 1 aromatic heterocycles.